The molecule has 0 spiro atoms. The number of para-hydroxylation sites is 2. The van der Waals surface area contributed by atoms with Crippen molar-refractivity contribution in [3.05, 3.63) is 93.1 Å². The summed E-state index contributed by atoms with van der Waals surface area (Å²) in [6, 6.07) is 16.4. The number of benzene rings is 3. The van der Waals surface area contributed by atoms with Crippen LogP contribution >= 0.6 is 11.6 Å². The molecule has 0 radical (unpaired) electrons. The van der Waals surface area contributed by atoms with Crippen LogP contribution in [0.5, 0.6) is 11.6 Å². The second-order valence-corrected chi connectivity index (χ2v) is 8.51. The fourth-order valence-electron chi connectivity index (χ4n) is 3.86. The molecule has 2 aromatic heterocycles. The molecule has 10 heteroatoms. The lowest BCUT2D eigenvalue weighted by molar-refractivity contribution is -0.117. The minimum atomic E-state index is -0.557. The van der Waals surface area contributed by atoms with Gasteiger partial charge in [-0.3, -0.25) is 4.79 Å². The fraction of sp³-hybridized carbons (Fsp3) is 0.120. The molecule has 0 unspecified atom stereocenters. The summed E-state index contributed by atoms with van der Waals surface area (Å²) in [7, 11) is 0. The Kier molecular flexibility index (Phi) is 5.70. The number of nitrogens with zero attached hydrogens (tertiary/aromatic N) is 4. The summed E-state index contributed by atoms with van der Waals surface area (Å²) in [5, 5.41) is 6.96. The van der Waals surface area contributed by atoms with E-state index in [0.29, 0.717) is 16.8 Å². The zero-order chi connectivity index (χ0) is 24.7. The highest BCUT2D eigenvalue weighted by molar-refractivity contribution is 6.33. The molecule has 35 heavy (non-hydrogen) atoms. The SMILES string of the molecule is Cc1cc(C)cc(Oc2nc3ccccc3n3c(=O)n(CC(=O)Nc4ccc(F)cc4Cl)nc23)c1. The molecule has 0 saturated heterocycles. The quantitative estimate of drug-likeness (QED) is 0.378. The molecule has 176 valence electrons. The Morgan fingerprint density at radius 1 is 1.09 bits per heavy atom. The number of nitrogens with one attached hydrogen (secondary N) is 1. The molecule has 5 rings (SSSR count). The van der Waals surface area contributed by atoms with Crippen molar-refractivity contribution in [3.8, 4) is 11.6 Å². The van der Waals surface area contributed by atoms with E-state index in [1.165, 1.54) is 16.5 Å². The number of fused-ring (bicyclic) bond motifs is 3. The molecule has 0 atom stereocenters. The number of anilines is 1. The molecule has 5 aromatic rings. The van der Waals surface area contributed by atoms with Crippen molar-refractivity contribution in [2.45, 2.75) is 20.4 Å². The number of hydrogen-bond acceptors (Lipinski definition) is 5. The molecule has 8 nitrogen and oxygen atoms in total. The lowest BCUT2D eigenvalue weighted by Crippen LogP contribution is -2.28. The maximum atomic E-state index is 13.3. The monoisotopic (exact) mass is 491 g/mol. The van der Waals surface area contributed by atoms with Gasteiger partial charge in [-0.25, -0.2) is 23.3 Å². The van der Waals surface area contributed by atoms with Crippen molar-refractivity contribution in [1.29, 1.82) is 0 Å². The number of hydrogen-bond donors (Lipinski definition) is 1. The van der Waals surface area contributed by atoms with E-state index in [1.54, 1.807) is 24.3 Å². The van der Waals surface area contributed by atoms with Gasteiger partial charge in [-0.1, -0.05) is 29.8 Å². The van der Waals surface area contributed by atoms with Crippen molar-refractivity contribution >= 4 is 39.9 Å². The van der Waals surface area contributed by atoms with E-state index >= 15 is 0 Å². The van der Waals surface area contributed by atoms with E-state index in [4.69, 9.17) is 16.3 Å². The number of carbonyl (C=O) groups excluding carboxylic acids is 1. The Morgan fingerprint density at radius 3 is 2.57 bits per heavy atom. The van der Waals surface area contributed by atoms with Crippen molar-refractivity contribution in [3.63, 3.8) is 0 Å². The molecule has 1 N–H and O–H groups in total. The standard InChI is InChI=1S/C25H19ClFN5O3/c1-14-9-15(2)11-17(10-14)35-24-23-30-31(13-22(33)28-19-8-7-16(27)12-18(19)26)25(34)32(23)21-6-4-3-5-20(21)29-24/h3-12H,13H2,1-2H3,(H,28,33). The number of aryl methyl sites for hydroxylation is 2. The molecule has 0 fully saturated rings. The highest BCUT2D eigenvalue weighted by Gasteiger charge is 2.19. The molecule has 0 bridgehead atoms. The Balaban J connectivity index is 1.56. The number of amides is 1. The van der Waals surface area contributed by atoms with Crippen LogP contribution in [-0.4, -0.2) is 25.1 Å². The summed E-state index contributed by atoms with van der Waals surface area (Å²) >= 11 is 5.99. The van der Waals surface area contributed by atoms with Gasteiger partial charge in [-0.05, 0) is 67.4 Å². The fourth-order valence-corrected chi connectivity index (χ4v) is 4.08. The molecular formula is C25H19ClFN5O3. The largest absolute Gasteiger partial charge is 0.436 e. The Hall–Kier alpha value is -4.24. The molecule has 1 amide bonds. The van der Waals surface area contributed by atoms with E-state index < -0.39 is 24.0 Å². The summed E-state index contributed by atoms with van der Waals surface area (Å²) in [6.07, 6.45) is 0. The van der Waals surface area contributed by atoms with Gasteiger partial charge < -0.3 is 10.1 Å². The van der Waals surface area contributed by atoms with Gasteiger partial charge in [0.2, 0.25) is 11.6 Å². The third kappa shape index (κ3) is 4.45. The second kappa shape index (κ2) is 8.84. The van der Waals surface area contributed by atoms with Crippen molar-refractivity contribution in [2.75, 3.05) is 5.32 Å². The summed E-state index contributed by atoms with van der Waals surface area (Å²) in [4.78, 5) is 30.5. The van der Waals surface area contributed by atoms with Gasteiger partial charge in [0, 0.05) is 0 Å². The van der Waals surface area contributed by atoms with Gasteiger partial charge in [0.05, 0.1) is 21.7 Å². The Bertz CT molecular complexity index is 1660. The molecule has 0 aliphatic rings. The number of halogens is 2. The summed E-state index contributed by atoms with van der Waals surface area (Å²) in [5.41, 5.74) is 2.93. The maximum absolute atomic E-state index is 13.3. The average Bonchev–Trinajstić information content (AvgIpc) is 3.11. The first-order valence-corrected chi connectivity index (χ1v) is 11.1. The average molecular weight is 492 g/mol. The third-order valence-electron chi connectivity index (χ3n) is 5.28. The first-order chi connectivity index (χ1) is 16.8. The molecule has 3 aromatic carbocycles. The maximum Gasteiger partial charge on any atom is 0.351 e. The van der Waals surface area contributed by atoms with Crippen LogP contribution in [0, 0.1) is 19.7 Å². The van der Waals surface area contributed by atoms with Gasteiger partial charge in [-0.15, -0.1) is 5.10 Å². The van der Waals surface area contributed by atoms with Gasteiger partial charge in [-0.2, -0.15) is 0 Å². The van der Waals surface area contributed by atoms with Gasteiger partial charge in [0.25, 0.3) is 5.88 Å². The highest BCUT2D eigenvalue weighted by Crippen LogP contribution is 2.27. The van der Waals surface area contributed by atoms with Crippen LogP contribution in [0.1, 0.15) is 11.1 Å². The van der Waals surface area contributed by atoms with E-state index in [-0.39, 0.29) is 22.2 Å². The number of carbonyl (C=O) groups is 1. The summed E-state index contributed by atoms with van der Waals surface area (Å²) in [6.45, 7) is 3.51. The Morgan fingerprint density at radius 2 is 1.83 bits per heavy atom. The Labute approximate surface area is 203 Å². The molecule has 2 heterocycles. The molecule has 0 aliphatic carbocycles. The van der Waals surface area contributed by atoms with E-state index in [2.05, 4.69) is 15.4 Å². The molecule has 0 saturated carbocycles. The first-order valence-electron chi connectivity index (χ1n) is 10.7. The van der Waals surface area contributed by atoms with Crippen LogP contribution in [0.15, 0.2) is 65.5 Å². The number of aromatic nitrogens is 4. The van der Waals surface area contributed by atoms with Crippen molar-refractivity contribution in [1.82, 2.24) is 19.2 Å². The van der Waals surface area contributed by atoms with Crippen LogP contribution in [0.3, 0.4) is 0 Å². The van der Waals surface area contributed by atoms with E-state index in [9.17, 15) is 14.0 Å². The predicted molar refractivity (Wildman–Crippen MR) is 131 cm³/mol. The molecular weight excluding hydrogens is 473 g/mol. The summed E-state index contributed by atoms with van der Waals surface area (Å²) < 4.78 is 21.7. The smallest absolute Gasteiger partial charge is 0.351 e. The lowest BCUT2D eigenvalue weighted by atomic mass is 10.1. The van der Waals surface area contributed by atoms with Crippen LogP contribution in [-0.2, 0) is 11.3 Å². The summed E-state index contributed by atoms with van der Waals surface area (Å²) in [5.74, 6) is -0.400. The van der Waals surface area contributed by atoms with Crippen molar-refractivity contribution < 1.29 is 13.9 Å². The van der Waals surface area contributed by atoms with E-state index in [0.717, 1.165) is 21.9 Å². The third-order valence-corrected chi connectivity index (χ3v) is 5.60. The van der Waals surface area contributed by atoms with Crippen LogP contribution in [0.4, 0.5) is 10.1 Å². The van der Waals surface area contributed by atoms with Gasteiger partial charge in [0.1, 0.15) is 18.1 Å². The first kappa shape index (κ1) is 22.5. The highest BCUT2D eigenvalue weighted by atomic mass is 35.5. The zero-order valence-electron chi connectivity index (χ0n) is 18.8. The van der Waals surface area contributed by atoms with Gasteiger partial charge >= 0.3 is 5.69 Å². The van der Waals surface area contributed by atoms with Crippen molar-refractivity contribution in [2.24, 2.45) is 0 Å². The molecule has 0 aliphatic heterocycles. The number of rotatable bonds is 5. The number of ether oxygens (including phenoxy) is 1. The minimum Gasteiger partial charge on any atom is -0.436 e. The van der Waals surface area contributed by atoms with Gasteiger partial charge in [0.15, 0.2) is 0 Å². The lowest BCUT2D eigenvalue weighted by Gasteiger charge is -2.09. The van der Waals surface area contributed by atoms with E-state index in [1.807, 2.05) is 32.0 Å². The van der Waals surface area contributed by atoms with Crippen LogP contribution in [0.25, 0.3) is 16.7 Å². The zero-order valence-corrected chi connectivity index (χ0v) is 19.5. The predicted octanol–water partition coefficient (Wildman–Crippen LogP) is 4.88. The topological polar surface area (TPSA) is 90.5 Å². The minimum absolute atomic E-state index is 0.0417. The normalized spacial score (nSPS) is 11.2. The van der Waals surface area contributed by atoms with Crippen LogP contribution in [0.2, 0.25) is 5.02 Å². The van der Waals surface area contributed by atoms with Crippen LogP contribution < -0.4 is 15.7 Å². The second-order valence-electron chi connectivity index (χ2n) is 8.10.